The van der Waals surface area contributed by atoms with Crippen molar-refractivity contribution in [1.29, 1.82) is 0 Å². The molecule has 4 heterocycles. The molecule has 1 fully saturated rings. The number of anilines is 2. The molecule has 9 heteroatoms. The Morgan fingerprint density at radius 1 is 1.45 bits per heavy atom. The Morgan fingerprint density at radius 2 is 2.31 bits per heavy atom. The van der Waals surface area contributed by atoms with Crippen molar-refractivity contribution in [2.24, 2.45) is 0 Å². The van der Waals surface area contributed by atoms with Gasteiger partial charge in [-0.15, -0.1) is 0 Å². The zero-order valence-corrected chi connectivity index (χ0v) is 16.9. The second kappa shape index (κ2) is 8.28. The maximum Gasteiger partial charge on any atom is 0.227 e. The molecule has 3 aromatic rings. The molecule has 0 bridgehead atoms. The Labute approximate surface area is 171 Å². The first-order valence-electron chi connectivity index (χ1n) is 9.88. The molecule has 0 aliphatic carbocycles. The molecule has 4 rings (SSSR count). The number of pyridine rings is 1. The molecule has 0 unspecified atom stereocenters. The van der Waals surface area contributed by atoms with E-state index in [1.807, 2.05) is 25.5 Å². The zero-order chi connectivity index (χ0) is 20.4. The average Bonchev–Trinajstić information content (AvgIpc) is 3.34. The first-order chi connectivity index (χ1) is 14.1. The Bertz CT molecular complexity index is 994. The Hall–Kier alpha value is -2.81. The zero-order valence-electron chi connectivity index (χ0n) is 16.9. The molecule has 0 saturated carbocycles. The van der Waals surface area contributed by atoms with Gasteiger partial charge in [0.05, 0.1) is 6.54 Å². The van der Waals surface area contributed by atoms with E-state index in [2.05, 4.69) is 27.0 Å². The smallest absolute Gasteiger partial charge is 0.227 e. The summed E-state index contributed by atoms with van der Waals surface area (Å²) in [6.07, 6.45) is 8.35. The van der Waals surface area contributed by atoms with E-state index in [0.717, 1.165) is 43.0 Å². The summed E-state index contributed by atoms with van der Waals surface area (Å²) in [5.74, 6) is 1.78. The van der Waals surface area contributed by atoms with Crippen LogP contribution in [0.5, 0.6) is 0 Å². The van der Waals surface area contributed by atoms with Crippen molar-refractivity contribution in [3.63, 3.8) is 0 Å². The van der Waals surface area contributed by atoms with Gasteiger partial charge in [-0.1, -0.05) is 0 Å². The van der Waals surface area contributed by atoms with Crippen molar-refractivity contribution < 1.29 is 14.7 Å². The van der Waals surface area contributed by atoms with Crippen LogP contribution < -0.4 is 24.8 Å². The number of nitrogens with zero attached hydrogens (tertiary/aromatic N) is 6. The fourth-order valence-corrected chi connectivity index (χ4v) is 4.02. The van der Waals surface area contributed by atoms with E-state index in [1.54, 1.807) is 22.6 Å². The minimum Gasteiger partial charge on any atom is -0.396 e. The van der Waals surface area contributed by atoms with Gasteiger partial charge >= 0.3 is 0 Å². The second-order valence-corrected chi connectivity index (χ2v) is 7.42. The van der Waals surface area contributed by atoms with Gasteiger partial charge in [-0.05, 0) is 30.8 Å². The van der Waals surface area contributed by atoms with E-state index < -0.39 is 0 Å². The molecular weight excluding hydrogens is 367 g/mol. The van der Waals surface area contributed by atoms with Crippen LogP contribution in [0.3, 0.4) is 0 Å². The largest absolute Gasteiger partial charge is 0.396 e. The molecule has 0 spiro atoms. The van der Waals surface area contributed by atoms with Crippen LogP contribution >= 0.6 is 0 Å². The van der Waals surface area contributed by atoms with Crippen LogP contribution in [0.1, 0.15) is 24.8 Å². The maximum atomic E-state index is 9.42. The summed E-state index contributed by atoms with van der Waals surface area (Å²) < 4.78 is 3.45. The van der Waals surface area contributed by atoms with E-state index in [-0.39, 0.29) is 6.61 Å². The van der Waals surface area contributed by atoms with Crippen LogP contribution in [-0.4, -0.2) is 60.9 Å². The Kier molecular flexibility index (Phi) is 5.57. The van der Waals surface area contributed by atoms with Crippen molar-refractivity contribution in [2.45, 2.75) is 31.8 Å². The first-order valence-corrected chi connectivity index (χ1v) is 9.88. The van der Waals surface area contributed by atoms with Crippen LogP contribution in [-0.2, 0) is 6.54 Å². The summed E-state index contributed by atoms with van der Waals surface area (Å²) >= 11 is 0. The average molecular weight is 393 g/mol. The van der Waals surface area contributed by atoms with Gasteiger partial charge in [-0.25, -0.2) is 4.98 Å². The standard InChI is InChI=1S/C20H26BN6O2/c1-24(13-15-5-3-8-25(14-15)29-2)19-11-18(23-20-17(21)12-22-27(19)20)26-9-4-6-16(26)7-10-28/h3,5,8,11-12,14,16,28H,4,6-7,9-10,13H2,1-2H3/q+1/t16-/m0/s1. The topological polar surface area (TPSA) is 70.0 Å². The highest BCUT2D eigenvalue weighted by Crippen LogP contribution is 2.29. The molecule has 150 valence electrons. The van der Waals surface area contributed by atoms with Crippen molar-refractivity contribution in [1.82, 2.24) is 14.6 Å². The Morgan fingerprint density at radius 3 is 3.10 bits per heavy atom. The summed E-state index contributed by atoms with van der Waals surface area (Å²) in [6, 6.07) is 6.37. The lowest BCUT2D eigenvalue weighted by molar-refractivity contribution is -0.885. The summed E-state index contributed by atoms with van der Waals surface area (Å²) in [7, 11) is 9.81. The third-order valence-corrected chi connectivity index (χ3v) is 5.46. The molecule has 1 atom stereocenters. The first kappa shape index (κ1) is 19.5. The SMILES string of the molecule is [B]c1cnn2c(N(C)Cc3ccc[n+](OC)c3)cc(N3CCC[C@H]3CCO)nc12. The van der Waals surface area contributed by atoms with Crippen molar-refractivity contribution in [3.8, 4) is 0 Å². The molecule has 1 aliphatic heterocycles. The molecular formula is C20H26BN6O2+. The van der Waals surface area contributed by atoms with E-state index in [9.17, 15) is 5.11 Å². The molecule has 8 nitrogen and oxygen atoms in total. The van der Waals surface area contributed by atoms with Gasteiger partial charge in [0.1, 0.15) is 26.6 Å². The van der Waals surface area contributed by atoms with E-state index in [4.69, 9.17) is 17.7 Å². The number of hydrogen-bond donors (Lipinski definition) is 1. The number of aliphatic hydroxyl groups excluding tert-OH is 1. The van der Waals surface area contributed by atoms with Crippen LogP contribution in [0.4, 0.5) is 11.6 Å². The molecule has 0 aromatic carbocycles. The highest BCUT2D eigenvalue weighted by atomic mass is 16.6. The molecule has 29 heavy (non-hydrogen) atoms. The summed E-state index contributed by atoms with van der Waals surface area (Å²) in [5.41, 5.74) is 2.30. The summed E-state index contributed by atoms with van der Waals surface area (Å²) in [4.78, 5) is 14.5. The van der Waals surface area contributed by atoms with Crippen LogP contribution in [0, 0.1) is 0 Å². The van der Waals surface area contributed by atoms with Gasteiger partial charge in [-0.2, -0.15) is 9.61 Å². The van der Waals surface area contributed by atoms with E-state index in [0.29, 0.717) is 23.7 Å². The number of rotatable bonds is 7. The number of aromatic nitrogens is 4. The predicted molar refractivity (Wildman–Crippen MR) is 112 cm³/mol. The minimum atomic E-state index is 0.179. The minimum absolute atomic E-state index is 0.179. The Balaban J connectivity index is 1.70. The lowest BCUT2D eigenvalue weighted by Gasteiger charge is -2.27. The normalized spacial score (nSPS) is 16.5. The lowest BCUT2D eigenvalue weighted by atomic mass is 10.0. The molecule has 2 radical (unpaired) electrons. The summed E-state index contributed by atoms with van der Waals surface area (Å²) in [5, 5.41) is 13.9. The lowest BCUT2D eigenvalue weighted by Crippen LogP contribution is -2.40. The fourth-order valence-electron chi connectivity index (χ4n) is 4.02. The van der Waals surface area contributed by atoms with Crippen molar-refractivity contribution in [2.75, 3.05) is 37.1 Å². The number of fused-ring (bicyclic) bond motifs is 1. The predicted octanol–water partition coefficient (Wildman–Crippen LogP) is -0.143. The van der Waals surface area contributed by atoms with E-state index in [1.165, 1.54) is 0 Å². The molecule has 1 aliphatic rings. The fraction of sp³-hybridized carbons (Fsp3) is 0.450. The number of hydrogen-bond acceptors (Lipinski definition) is 6. The van der Waals surface area contributed by atoms with Crippen molar-refractivity contribution >= 4 is 30.6 Å². The van der Waals surface area contributed by atoms with Gasteiger partial charge in [0, 0.05) is 54.9 Å². The maximum absolute atomic E-state index is 9.42. The van der Waals surface area contributed by atoms with E-state index >= 15 is 0 Å². The van der Waals surface area contributed by atoms with Gasteiger partial charge in [0.2, 0.25) is 12.4 Å². The molecule has 1 N–H and O–H groups in total. The highest BCUT2D eigenvalue weighted by Gasteiger charge is 2.27. The third-order valence-electron chi connectivity index (χ3n) is 5.46. The van der Waals surface area contributed by atoms with Crippen LogP contribution in [0.2, 0.25) is 0 Å². The third kappa shape index (κ3) is 3.87. The second-order valence-electron chi connectivity index (χ2n) is 7.42. The summed E-state index contributed by atoms with van der Waals surface area (Å²) in [6.45, 7) is 1.78. The quantitative estimate of drug-likeness (QED) is 0.445. The molecule has 0 amide bonds. The number of aliphatic hydroxyl groups is 1. The van der Waals surface area contributed by atoms with Crippen molar-refractivity contribution in [3.05, 3.63) is 42.4 Å². The van der Waals surface area contributed by atoms with Gasteiger partial charge in [0.25, 0.3) is 0 Å². The van der Waals surface area contributed by atoms with Gasteiger partial charge in [0.15, 0.2) is 5.65 Å². The van der Waals surface area contributed by atoms with Gasteiger partial charge in [-0.3, -0.25) is 4.84 Å². The van der Waals surface area contributed by atoms with Gasteiger partial charge < -0.3 is 14.9 Å². The monoisotopic (exact) mass is 393 g/mol. The molecule has 1 saturated heterocycles. The van der Waals surface area contributed by atoms with Crippen LogP contribution in [0.15, 0.2) is 36.8 Å². The van der Waals surface area contributed by atoms with Crippen LogP contribution in [0.25, 0.3) is 5.65 Å². The highest BCUT2D eigenvalue weighted by molar-refractivity contribution is 6.36. The molecule has 3 aromatic heterocycles.